The van der Waals surface area contributed by atoms with Crippen LogP contribution in [0.5, 0.6) is 5.75 Å². The minimum absolute atomic E-state index is 0.0239. The van der Waals surface area contributed by atoms with Crippen molar-refractivity contribution in [1.29, 1.82) is 0 Å². The van der Waals surface area contributed by atoms with Crippen LogP contribution < -0.4 is 4.74 Å². The topological polar surface area (TPSA) is 42.4 Å². The number of aliphatic hydroxyl groups excluding tert-OH is 1. The zero-order valence-corrected chi connectivity index (χ0v) is 7.41. The van der Waals surface area contributed by atoms with Crippen molar-refractivity contribution in [2.24, 2.45) is 0 Å². The van der Waals surface area contributed by atoms with Crippen LogP contribution in [-0.4, -0.2) is 23.3 Å². The van der Waals surface area contributed by atoms with Crippen LogP contribution in [0.4, 0.5) is 0 Å². The first-order valence-electron chi connectivity index (χ1n) is 3.18. The van der Waals surface area contributed by atoms with Gasteiger partial charge in [0.2, 0.25) is 0 Å². The molecule has 1 aromatic heterocycles. The summed E-state index contributed by atoms with van der Waals surface area (Å²) in [4.78, 5) is 3.94. The SMILES string of the molecule is OCCOc1ccc(Br)nc1. The Morgan fingerprint density at radius 1 is 1.55 bits per heavy atom. The molecule has 0 radical (unpaired) electrons. The number of ether oxygens (including phenoxy) is 1. The van der Waals surface area contributed by atoms with Crippen LogP contribution in [0.3, 0.4) is 0 Å². The largest absolute Gasteiger partial charge is 0.490 e. The fraction of sp³-hybridized carbons (Fsp3) is 0.286. The molecule has 0 saturated heterocycles. The van der Waals surface area contributed by atoms with Gasteiger partial charge in [-0.2, -0.15) is 0 Å². The standard InChI is InChI=1S/C7H8BrNO2/c8-7-2-1-6(5-9-7)11-4-3-10/h1-2,5,10H,3-4H2. The van der Waals surface area contributed by atoms with Crippen molar-refractivity contribution in [1.82, 2.24) is 4.98 Å². The van der Waals surface area contributed by atoms with Crippen LogP contribution in [0.25, 0.3) is 0 Å². The summed E-state index contributed by atoms with van der Waals surface area (Å²) in [7, 11) is 0. The van der Waals surface area contributed by atoms with E-state index >= 15 is 0 Å². The van der Waals surface area contributed by atoms with E-state index < -0.39 is 0 Å². The Morgan fingerprint density at radius 3 is 2.91 bits per heavy atom. The summed E-state index contributed by atoms with van der Waals surface area (Å²) < 4.78 is 5.85. The summed E-state index contributed by atoms with van der Waals surface area (Å²) in [5, 5.41) is 8.43. The molecule has 60 valence electrons. The molecule has 1 aromatic rings. The molecular weight excluding hydrogens is 210 g/mol. The Bertz CT molecular complexity index is 212. The lowest BCUT2D eigenvalue weighted by molar-refractivity contribution is 0.201. The van der Waals surface area contributed by atoms with Crippen molar-refractivity contribution < 1.29 is 9.84 Å². The fourth-order valence-corrected chi connectivity index (χ4v) is 0.846. The summed E-state index contributed by atoms with van der Waals surface area (Å²) >= 11 is 3.20. The lowest BCUT2D eigenvalue weighted by Gasteiger charge is -2.01. The Hall–Kier alpha value is -0.610. The number of pyridine rings is 1. The molecule has 1 rings (SSSR count). The van der Waals surface area contributed by atoms with E-state index in [0.29, 0.717) is 12.4 Å². The van der Waals surface area contributed by atoms with E-state index in [0.717, 1.165) is 4.60 Å². The molecule has 0 atom stereocenters. The molecule has 4 heteroatoms. The van der Waals surface area contributed by atoms with E-state index in [1.165, 1.54) is 0 Å². The Balaban J connectivity index is 2.52. The van der Waals surface area contributed by atoms with E-state index in [1.54, 1.807) is 18.3 Å². The zero-order valence-electron chi connectivity index (χ0n) is 5.83. The smallest absolute Gasteiger partial charge is 0.137 e. The number of nitrogens with zero attached hydrogens (tertiary/aromatic N) is 1. The van der Waals surface area contributed by atoms with Crippen LogP contribution in [0, 0.1) is 0 Å². The Labute approximate surface area is 73.2 Å². The maximum absolute atomic E-state index is 8.43. The first kappa shape index (κ1) is 8.49. The summed E-state index contributed by atoms with van der Waals surface area (Å²) in [5.41, 5.74) is 0. The van der Waals surface area contributed by atoms with Crippen LogP contribution in [0.15, 0.2) is 22.9 Å². The quantitative estimate of drug-likeness (QED) is 0.775. The van der Waals surface area contributed by atoms with Crippen molar-refractivity contribution in [3.05, 3.63) is 22.9 Å². The molecule has 0 fully saturated rings. The second-order valence-electron chi connectivity index (χ2n) is 1.89. The Morgan fingerprint density at radius 2 is 2.36 bits per heavy atom. The number of hydrogen-bond acceptors (Lipinski definition) is 3. The first-order chi connectivity index (χ1) is 5.33. The second kappa shape index (κ2) is 4.31. The van der Waals surface area contributed by atoms with E-state index in [1.807, 2.05) is 0 Å². The lowest BCUT2D eigenvalue weighted by Crippen LogP contribution is -2.01. The highest BCUT2D eigenvalue weighted by atomic mass is 79.9. The average molecular weight is 218 g/mol. The normalized spacial score (nSPS) is 9.64. The van der Waals surface area contributed by atoms with Crippen molar-refractivity contribution >= 4 is 15.9 Å². The molecular formula is C7H8BrNO2. The number of aromatic nitrogens is 1. The van der Waals surface area contributed by atoms with Gasteiger partial charge in [0.15, 0.2) is 0 Å². The molecule has 3 nitrogen and oxygen atoms in total. The van der Waals surface area contributed by atoms with Crippen molar-refractivity contribution in [3.8, 4) is 5.75 Å². The maximum atomic E-state index is 8.43. The van der Waals surface area contributed by atoms with Gasteiger partial charge in [0.05, 0.1) is 12.8 Å². The highest BCUT2D eigenvalue weighted by Crippen LogP contribution is 2.11. The van der Waals surface area contributed by atoms with Gasteiger partial charge >= 0.3 is 0 Å². The first-order valence-corrected chi connectivity index (χ1v) is 3.97. The van der Waals surface area contributed by atoms with E-state index in [9.17, 15) is 0 Å². The molecule has 0 aliphatic heterocycles. The Kier molecular flexibility index (Phi) is 3.32. The predicted octanol–water partition coefficient (Wildman–Crippen LogP) is 1.22. The highest BCUT2D eigenvalue weighted by molar-refractivity contribution is 9.10. The molecule has 0 aliphatic carbocycles. The maximum Gasteiger partial charge on any atom is 0.137 e. The molecule has 11 heavy (non-hydrogen) atoms. The number of halogens is 1. The summed E-state index contributed by atoms with van der Waals surface area (Å²) in [6.07, 6.45) is 1.60. The van der Waals surface area contributed by atoms with Gasteiger partial charge in [-0.3, -0.25) is 0 Å². The monoisotopic (exact) mass is 217 g/mol. The minimum Gasteiger partial charge on any atom is -0.490 e. The molecule has 1 N–H and O–H groups in total. The summed E-state index contributed by atoms with van der Waals surface area (Å²) in [6.45, 7) is 0.333. The van der Waals surface area contributed by atoms with Crippen LogP contribution in [0.2, 0.25) is 0 Å². The van der Waals surface area contributed by atoms with Crippen LogP contribution in [0.1, 0.15) is 0 Å². The van der Waals surface area contributed by atoms with Gasteiger partial charge in [0, 0.05) is 0 Å². The van der Waals surface area contributed by atoms with Crippen LogP contribution >= 0.6 is 15.9 Å². The average Bonchev–Trinajstić information content (AvgIpc) is 2.04. The van der Waals surface area contributed by atoms with Crippen molar-refractivity contribution in [2.75, 3.05) is 13.2 Å². The molecule has 1 heterocycles. The molecule has 0 spiro atoms. The molecule has 0 unspecified atom stereocenters. The molecule has 0 bridgehead atoms. The lowest BCUT2D eigenvalue weighted by atomic mass is 10.5. The van der Waals surface area contributed by atoms with Gasteiger partial charge in [-0.05, 0) is 28.1 Å². The third kappa shape index (κ3) is 2.86. The van der Waals surface area contributed by atoms with Crippen molar-refractivity contribution in [2.45, 2.75) is 0 Å². The second-order valence-corrected chi connectivity index (χ2v) is 2.70. The number of rotatable bonds is 3. The third-order valence-corrected chi connectivity index (χ3v) is 1.53. The van der Waals surface area contributed by atoms with E-state index in [4.69, 9.17) is 9.84 Å². The molecule has 0 aliphatic rings. The summed E-state index contributed by atoms with van der Waals surface area (Å²) in [5.74, 6) is 0.669. The van der Waals surface area contributed by atoms with E-state index in [2.05, 4.69) is 20.9 Å². The highest BCUT2D eigenvalue weighted by Gasteiger charge is 1.92. The third-order valence-electron chi connectivity index (χ3n) is 1.06. The van der Waals surface area contributed by atoms with Gasteiger partial charge in [0.25, 0.3) is 0 Å². The summed E-state index contributed by atoms with van der Waals surface area (Å²) in [6, 6.07) is 3.57. The predicted molar refractivity (Wildman–Crippen MR) is 44.5 cm³/mol. The van der Waals surface area contributed by atoms with Gasteiger partial charge in [-0.25, -0.2) is 4.98 Å². The molecule has 0 saturated carbocycles. The van der Waals surface area contributed by atoms with Gasteiger partial charge < -0.3 is 9.84 Å². The van der Waals surface area contributed by atoms with E-state index in [-0.39, 0.29) is 6.61 Å². The molecule has 0 amide bonds. The van der Waals surface area contributed by atoms with Crippen molar-refractivity contribution in [3.63, 3.8) is 0 Å². The number of hydrogen-bond donors (Lipinski definition) is 1. The fourth-order valence-electron chi connectivity index (χ4n) is 0.611. The van der Waals surface area contributed by atoms with Gasteiger partial charge in [0.1, 0.15) is 17.0 Å². The van der Waals surface area contributed by atoms with Gasteiger partial charge in [-0.15, -0.1) is 0 Å². The molecule has 0 aromatic carbocycles. The number of aliphatic hydroxyl groups is 1. The minimum atomic E-state index is 0.0239. The van der Waals surface area contributed by atoms with Gasteiger partial charge in [-0.1, -0.05) is 0 Å². The zero-order chi connectivity index (χ0) is 8.10. The van der Waals surface area contributed by atoms with Crippen LogP contribution in [-0.2, 0) is 0 Å².